The van der Waals surface area contributed by atoms with Crippen molar-refractivity contribution < 1.29 is 14.0 Å². The quantitative estimate of drug-likeness (QED) is 0.785. The maximum absolute atomic E-state index is 13.6. The number of rotatable bonds is 6. The van der Waals surface area contributed by atoms with Gasteiger partial charge in [-0.1, -0.05) is 30.3 Å². The van der Waals surface area contributed by atoms with Crippen molar-refractivity contribution >= 4 is 17.5 Å². The molecule has 26 heavy (non-hydrogen) atoms. The van der Waals surface area contributed by atoms with Gasteiger partial charge in [0, 0.05) is 6.54 Å². The van der Waals surface area contributed by atoms with Gasteiger partial charge in [0.05, 0.1) is 11.3 Å². The number of benzene rings is 2. The summed E-state index contributed by atoms with van der Waals surface area (Å²) in [7, 11) is 0. The van der Waals surface area contributed by atoms with Crippen molar-refractivity contribution in [1.82, 2.24) is 5.32 Å². The van der Waals surface area contributed by atoms with Gasteiger partial charge in [-0.25, -0.2) is 4.39 Å². The molecule has 0 unspecified atom stereocenters. The van der Waals surface area contributed by atoms with E-state index in [1.165, 1.54) is 6.07 Å². The molecule has 0 spiro atoms. The molecule has 5 nitrogen and oxygen atoms in total. The molecule has 132 valence electrons. The van der Waals surface area contributed by atoms with Gasteiger partial charge in [0.2, 0.25) is 11.8 Å². The summed E-state index contributed by atoms with van der Waals surface area (Å²) in [6, 6.07) is 15.0. The summed E-state index contributed by atoms with van der Waals surface area (Å²) >= 11 is 0. The standard InChI is InChI=1S/C20H18FN3O2/c21-16-7-3-1-5-14(16)9-12-23-18(25)20(10-11-20)19(26)24-17-8-4-2-6-15(17)13-22/h1-8H,9-12H2,(H,23,25)(H,24,26). The molecule has 0 saturated heterocycles. The van der Waals surface area contributed by atoms with Crippen molar-refractivity contribution in [3.63, 3.8) is 0 Å². The highest BCUT2D eigenvalue weighted by molar-refractivity contribution is 6.13. The van der Waals surface area contributed by atoms with Gasteiger partial charge in [-0.3, -0.25) is 9.59 Å². The summed E-state index contributed by atoms with van der Waals surface area (Å²) in [4.78, 5) is 25.0. The van der Waals surface area contributed by atoms with Gasteiger partial charge in [-0.2, -0.15) is 5.26 Å². The predicted molar refractivity (Wildman–Crippen MR) is 94.6 cm³/mol. The van der Waals surface area contributed by atoms with E-state index in [4.69, 9.17) is 5.26 Å². The van der Waals surface area contributed by atoms with Crippen molar-refractivity contribution in [2.75, 3.05) is 11.9 Å². The van der Waals surface area contributed by atoms with Crippen molar-refractivity contribution in [2.24, 2.45) is 5.41 Å². The van der Waals surface area contributed by atoms with Crippen LogP contribution in [0.15, 0.2) is 48.5 Å². The molecular formula is C20H18FN3O2. The molecule has 2 aromatic rings. The largest absolute Gasteiger partial charge is 0.355 e. The summed E-state index contributed by atoms with van der Waals surface area (Å²) in [5.41, 5.74) is 0.157. The van der Waals surface area contributed by atoms with Crippen LogP contribution in [0.25, 0.3) is 0 Å². The maximum Gasteiger partial charge on any atom is 0.240 e. The highest BCUT2D eigenvalue weighted by Crippen LogP contribution is 2.47. The minimum absolute atomic E-state index is 0.254. The Labute approximate surface area is 150 Å². The molecule has 1 fully saturated rings. The molecule has 2 amide bonds. The van der Waals surface area contributed by atoms with E-state index in [-0.39, 0.29) is 18.3 Å². The smallest absolute Gasteiger partial charge is 0.240 e. The fourth-order valence-corrected chi connectivity index (χ4v) is 2.79. The number of halogens is 1. The van der Waals surface area contributed by atoms with Crippen LogP contribution in [0.5, 0.6) is 0 Å². The summed E-state index contributed by atoms with van der Waals surface area (Å²) in [6.45, 7) is 0.254. The van der Waals surface area contributed by atoms with Crippen LogP contribution in [-0.4, -0.2) is 18.4 Å². The second-order valence-corrected chi connectivity index (χ2v) is 6.29. The van der Waals surface area contributed by atoms with E-state index in [1.54, 1.807) is 42.5 Å². The van der Waals surface area contributed by atoms with Crippen LogP contribution < -0.4 is 10.6 Å². The number of para-hydroxylation sites is 1. The first kappa shape index (κ1) is 17.6. The maximum atomic E-state index is 13.6. The Morgan fingerprint density at radius 3 is 2.46 bits per heavy atom. The molecule has 0 bridgehead atoms. The Morgan fingerprint density at radius 2 is 1.77 bits per heavy atom. The van der Waals surface area contributed by atoms with Crippen LogP contribution in [-0.2, 0) is 16.0 Å². The van der Waals surface area contributed by atoms with Crippen LogP contribution in [0, 0.1) is 22.6 Å². The lowest BCUT2D eigenvalue weighted by molar-refractivity contribution is -0.134. The highest BCUT2D eigenvalue weighted by atomic mass is 19.1. The molecule has 0 aliphatic heterocycles. The normalized spacial score (nSPS) is 14.2. The third-order valence-corrected chi connectivity index (χ3v) is 4.55. The number of nitriles is 1. The topological polar surface area (TPSA) is 82.0 Å². The molecule has 0 radical (unpaired) electrons. The summed E-state index contributed by atoms with van der Waals surface area (Å²) in [6.07, 6.45) is 1.27. The van der Waals surface area contributed by atoms with Gasteiger partial charge in [-0.05, 0) is 43.0 Å². The van der Waals surface area contributed by atoms with Crippen molar-refractivity contribution in [3.05, 3.63) is 65.5 Å². The van der Waals surface area contributed by atoms with Gasteiger partial charge < -0.3 is 10.6 Å². The van der Waals surface area contributed by atoms with E-state index < -0.39 is 11.3 Å². The lowest BCUT2D eigenvalue weighted by Crippen LogP contribution is -2.40. The van der Waals surface area contributed by atoms with E-state index in [0.717, 1.165) is 0 Å². The molecule has 0 heterocycles. The van der Waals surface area contributed by atoms with E-state index in [2.05, 4.69) is 10.6 Å². The lowest BCUT2D eigenvalue weighted by Gasteiger charge is -2.16. The number of carbonyl (C=O) groups is 2. The fourth-order valence-electron chi connectivity index (χ4n) is 2.79. The minimum Gasteiger partial charge on any atom is -0.355 e. The first-order valence-electron chi connectivity index (χ1n) is 8.39. The first-order chi connectivity index (χ1) is 12.6. The fraction of sp³-hybridized carbons (Fsp3) is 0.250. The summed E-state index contributed by atoms with van der Waals surface area (Å²) < 4.78 is 13.6. The molecule has 1 aliphatic rings. The number of nitrogens with one attached hydrogen (secondary N) is 2. The first-order valence-corrected chi connectivity index (χ1v) is 8.39. The molecule has 1 aliphatic carbocycles. The number of carbonyl (C=O) groups excluding carboxylic acids is 2. The Balaban J connectivity index is 1.59. The summed E-state index contributed by atoms with van der Waals surface area (Å²) in [5.74, 6) is -1.09. The second-order valence-electron chi connectivity index (χ2n) is 6.29. The van der Waals surface area contributed by atoms with Crippen LogP contribution in [0.3, 0.4) is 0 Å². The number of nitrogens with zero attached hydrogens (tertiary/aromatic N) is 1. The molecular weight excluding hydrogens is 333 g/mol. The highest BCUT2D eigenvalue weighted by Gasteiger charge is 2.56. The van der Waals surface area contributed by atoms with Crippen LogP contribution in [0.1, 0.15) is 24.0 Å². The average molecular weight is 351 g/mol. The van der Waals surface area contributed by atoms with Crippen molar-refractivity contribution in [1.29, 1.82) is 5.26 Å². The Hall–Kier alpha value is -3.20. The third kappa shape index (κ3) is 3.57. The number of hydrogen-bond acceptors (Lipinski definition) is 3. The number of hydrogen-bond donors (Lipinski definition) is 2. The van der Waals surface area contributed by atoms with Crippen molar-refractivity contribution in [2.45, 2.75) is 19.3 Å². The molecule has 3 rings (SSSR count). The van der Waals surface area contributed by atoms with Crippen LogP contribution in [0.2, 0.25) is 0 Å². The van der Waals surface area contributed by atoms with Crippen LogP contribution in [0.4, 0.5) is 10.1 Å². The second kappa shape index (κ2) is 7.36. The molecule has 2 N–H and O–H groups in total. The average Bonchev–Trinajstić information content (AvgIpc) is 3.46. The SMILES string of the molecule is N#Cc1ccccc1NC(=O)C1(C(=O)NCCc2ccccc2F)CC1. The molecule has 6 heteroatoms. The Morgan fingerprint density at radius 1 is 1.08 bits per heavy atom. The van der Waals surface area contributed by atoms with Gasteiger partial charge in [0.15, 0.2) is 0 Å². The molecule has 0 aromatic heterocycles. The van der Waals surface area contributed by atoms with E-state index in [9.17, 15) is 14.0 Å². The van der Waals surface area contributed by atoms with E-state index in [1.807, 2.05) is 6.07 Å². The Kier molecular flexibility index (Phi) is 4.99. The monoisotopic (exact) mass is 351 g/mol. The van der Waals surface area contributed by atoms with Gasteiger partial charge in [0.25, 0.3) is 0 Å². The van der Waals surface area contributed by atoms with E-state index in [0.29, 0.717) is 36.1 Å². The van der Waals surface area contributed by atoms with Gasteiger partial charge in [0.1, 0.15) is 17.3 Å². The van der Waals surface area contributed by atoms with Gasteiger partial charge in [-0.15, -0.1) is 0 Å². The van der Waals surface area contributed by atoms with E-state index >= 15 is 0 Å². The lowest BCUT2D eigenvalue weighted by atomic mass is 10.0. The zero-order valence-corrected chi connectivity index (χ0v) is 14.1. The zero-order chi connectivity index (χ0) is 18.6. The number of anilines is 1. The minimum atomic E-state index is -1.10. The third-order valence-electron chi connectivity index (χ3n) is 4.55. The molecule has 1 saturated carbocycles. The molecule has 0 atom stereocenters. The predicted octanol–water partition coefficient (Wildman–Crippen LogP) is 2.77. The summed E-state index contributed by atoms with van der Waals surface area (Å²) in [5, 5.41) is 14.5. The Bertz CT molecular complexity index is 885. The van der Waals surface area contributed by atoms with Crippen molar-refractivity contribution in [3.8, 4) is 6.07 Å². The van der Waals surface area contributed by atoms with Gasteiger partial charge >= 0.3 is 0 Å². The number of amides is 2. The van der Waals surface area contributed by atoms with Crippen LogP contribution >= 0.6 is 0 Å². The zero-order valence-electron chi connectivity index (χ0n) is 14.1. The molecule has 2 aromatic carbocycles.